The van der Waals surface area contributed by atoms with E-state index >= 15 is 0 Å². The summed E-state index contributed by atoms with van der Waals surface area (Å²) in [7, 11) is 1.65. The van der Waals surface area contributed by atoms with E-state index in [4.69, 9.17) is 15.2 Å². The molecule has 0 spiro atoms. The maximum Gasteiger partial charge on any atom is 0.161 e. The van der Waals surface area contributed by atoms with Gasteiger partial charge in [-0.1, -0.05) is 31.6 Å². The lowest BCUT2D eigenvalue weighted by atomic mass is 10.0. The van der Waals surface area contributed by atoms with Crippen LogP contribution in [0, 0.1) is 5.92 Å². The lowest BCUT2D eigenvalue weighted by molar-refractivity contribution is 0.311. The Morgan fingerprint density at radius 2 is 2.06 bits per heavy atom. The molecule has 0 radical (unpaired) electrons. The molecule has 2 N–H and O–H groups in total. The summed E-state index contributed by atoms with van der Waals surface area (Å²) in [6.45, 7) is 7.45. The van der Waals surface area contributed by atoms with E-state index in [2.05, 4.69) is 19.9 Å². The van der Waals surface area contributed by atoms with E-state index in [1.807, 2.05) is 25.1 Å². The molecule has 1 rings (SSSR count). The van der Waals surface area contributed by atoms with Crippen molar-refractivity contribution in [3.63, 3.8) is 0 Å². The maximum atomic E-state index is 5.75. The zero-order valence-electron chi connectivity index (χ0n) is 11.7. The van der Waals surface area contributed by atoms with E-state index in [1.54, 1.807) is 7.11 Å². The first-order chi connectivity index (χ1) is 8.62. The van der Waals surface area contributed by atoms with Crippen LogP contribution in [0.1, 0.15) is 26.3 Å². The van der Waals surface area contributed by atoms with Crippen molar-refractivity contribution in [1.82, 2.24) is 0 Å². The Labute approximate surface area is 110 Å². The first-order valence-electron chi connectivity index (χ1n) is 6.33. The van der Waals surface area contributed by atoms with Gasteiger partial charge in [-0.2, -0.15) is 0 Å². The Morgan fingerprint density at radius 1 is 1.33 bits per heavy atom. The van der Waals surface area contributed by atoms with Crippen molar-refractivity contribution < 1.29 is 9.47 Å². The monoisotopic (exact) mass is 249 g/mol. The maximum absolute atomic E-state index is 5.75. The zero-order chi connectivity index (χ0) is 13.5. The normalized spacial score (nSPS) is 11.8. The Kier molecular flexibility index (Phi) is 5.72. The third-order valence-electron chi connectivity index (χ3n) is 2.82. The van der Waals surface area contributed by atoms with Gasteiger partial charge in [0.15, 0.2) is 11.5 Å². The summed E-state index contributed by atoms with van der Waals surface area (Å²) in [5, 5.41) is 0. The number of hydrogen-bond donors (Lipinski definition) is 1. The summed E-state index contributed by atoms with van der Waals surface area (Å²) in [6.07, 6.45) is 2.11. The zero-order valence-corrected chi connectivity index (χ0v) is 11.7. The predicted octanol–water partition coefficient (Wildman–Crippen LogP) is 3.09. The smallest absolute Gasteiger partial charge is 0.161 e. The number of nitrogens with two attached hydrogens (primary N) is 1. The molecule has 1 aromatic carbocycles. The van der Waals surface area contributed by atoms with E-state index in [-0.39, 0.29) is 0 Å². The minimum Gasteiger partial charge on any atom is -0.493 e. The average Bonchev–Trinajstić information content (AvgIpc) is 2.37. The highest BCUT2D eigenvalue weighted by Crippen LogP contribution is 2.29. The van der Waals surface area contributed by atoms with Crippen molar-refractivity contribution in [2.75, 3.05) is 20.3 Å². The molecule has 0 unspecified atom stereocenters. The second-order valence-corrected chi connectivity index (χ2v) is 4.42. The summed E-state index contributed by atoms with van der Waals surface area (Å²) < 4.78 is 10.8. The Bertz CT molecular complexity index is 411. The molecule has 0 aliphatic heterocycles. The van der Waals surface area contributed by atoms with E-state index in [9.17, 15) is 0 Å². The van der Waals surface area contributed by atoms with Crippen LogP contribution < -0.4 is 15.2 Å². The van der Waals surface area contributed by atoms with Crippen molar-refractivity contribution in [2.45, 2.75) is 20.8 Å². The first-order valence-corrected chi connectivity index (χ1v) is 6.33. The van der Waals surface area contributed by atoms with Gasteiger partial charge in [0.1, 0.15) is 0 Å². The largest absolute Gasteiger partial charge is 0.493 e. The van der Waals surface area contributed by atoms with E-state index in [1.165, 1.54) is 5.57 Å². The highest BCUT2D eigenvalue weighted by Gasteiger charge is 2.06. The van der Waals surface area contributed by atoms with Crippen LogP contribution in [0.4, 0.5) is 0 Å². The summed E-state index contributed by atoms with van der Waals surface area (Å²) in [6, 6.07) is 5.93. The molecule has 0 heterocycles. The summed E-state index contributed by atoms with van der Waals surface area (Å²) in [4.78, 5) is 0. The fourth-order valence-corrected chi connectivity index (χ4v) is 1.72. The van der Waals surface area contributed by atoms with Gasteiger partial charge >= 0.3 is 0 Å². The van der Waals surface area contributed by atoms with Crippen LogP contribution >= 0.6 is 0 Å². The van der Waals surface area contributed by atoms with Gasteiger partial charge in [0.2, 0.25) is 0 Å². The van der Waals surface area contributed by atoms with Gasteiger partial charge in [0.05, 0.1) is 13.7 Å². The van der Waals surface area contributed by atoms with Crippen LogP contribution in [0.15, 0.2) is 23.8 Å². The molecule has 0 aliphatic rings. The number of ether oxygens (including phenoxy) is 2. The summed E-state index contributed by atoms with van der Waals surface area (Å²) in [5.41, 5.74) is 8.06. The van der Waals surface area contributed by atoms with Crippen molar-refractivity contribution in [3.05, 3.63) is 29.3 Å². The molecule has 0 atom stereocenters. The van der Waals surface area contributed by atoms with Gasteiger partial charge in [-0.05, 0) is 30.5 Å². The number of rotatable bonds is 6. The molecule has 0 saturated carbocycles. The minimum atomic E-state index is 0.451. The summed E-state index contributed by atoms with van der Waals surface area (Å²) >= 11 is 0. The molecule has 0 fully saturated rings. The van der Waals surface area contributed by atoms with Crippen molar-refractivity contribution in [1.29, 1.82) is 0 Å². The number of benzene rings is 1. The van der Waals surface area contributed by atoms with Crippen LogP contribution in [-0.4, -0.2) is 20.3 Å². The second kappa shape index (κ2) is 7.07. The van der Waals surface area contributed by atoms with Crippen molar-refractivity contribution in [3.8, 4) is 11.5 Å². The molecular weight excluding hydrogens is 226 g/mol. The second-order valence-electron chi connectivity index (χ2n) is 4.42. The van der Waals surface area contributed by atoms with E-state index < -0.39 is 0 Å². The minimum absolute atomic E-state index is 0.451. The van der Waals surface area contributed by atoms with E-state index in [0.29, 0.717) is 19.1 Å². The lowest BCUT2D eigenvalue weighted by Gasteiger charge is -2.12. The fraction of sp³-hybridized carbons (Fsp3) is 0.467. The topological polar surface area (TPSA) is 44.5 Å². The molecule has 18 heavy (non-hydrogen) atoms. The van der Waals surface area contributed by atoms with Crippen LogP contribution in [0.5, 0.6) is 11.5 Å². The first kappa shape index (κ1) is 14.6. The third kappa shape index (κ3) is 3.77. The van der Waals surface area contributed by atoms with Crippen molar-refractivity contribution >= 4 is 6.08 Å². The molecule has 3 heteroatoms. The van der Waals surface area contributed by atoms with Gasteiger partial charge < -0.3 is 15.2 Å². The number of methoxy groups -OCH3 is 1. The van der Waals surface area contributed by atoms with E-state index in [0.717, 1.165) is 17.1 Å². The van der Waals surface area contributed by atoms with Gasteiger partial charge in [0, 0.05) is 6.54 Å². The molecule has 100 valence electrons. The van der Waals surface area contributed by atoms with Gasteiger partial charge in [-0.25, -0.2) is 0 Å². The standard InChI is InChI=1S/C15H23NO2/c1-5-18-14-7-6-12(9-15(14)17-4)8-13(10-16)11(2)3/h6-9,11H,5,10,16H2,1-4H3/b13-8-. The molecule has 0 aliphatic carbocycles. The highest BCUT2D eigenvalue weighted by atomic mass is 16.5. The Morgan fingerprint density at radius 3 is 2.56 bits per heavy atom. The van der Waals surface area contributed by atoms with Gasteiger partial charge in [-0.15, -0.1) is 0 Å². The molecular formula is C15H23NO2. The van der Waals surface area contributed by atoms with Crippen LogP contribution in [0.2, 0.25) is 0 Å². The van der Waals surface area contributed by atoms with Crippen LogP contribution in [-0.2, 0) is 0 Å². The number of hydrogen-bond acceptors (Lipinski definition) is 3. The quantitative estimate of drug-likeness (QED) is 0.842. The highest BCUT2D eigenvalue weighted by molar-refractivity contribution is 5.58. The molecule has 0 aromatic heterocycles. The molecule has 0 saturated heterocycles. The summed E-state index contributed by atoms with van der Waals surface area (Å²) in [5.74, 6) is 1.98. The molecule has 3 nitrogen and oxygen atoms in total. The lowest BCUT2D eigenvalue weighted by Crippen LogP contribution is -2.08. The van der Waals surface area contributed by atoms with Gasteiger partial charge in [0.25, 0.3) is 0 Å². The van der Waals surface area contributed by atoms with Crippen LogP contribution in [0.25, 0.3) is 6.08 Å². The average molecular weight is 249 g/mol. The molecule has 0 amide bonds. The third-order valence-corrected chi connectivity index (χ3v) is 2.82. The SMILES string of the molecule is CCOc1ccc(/C=C(/CN)C(C)C)cc1OC. The predicted molar refractivity (Wildman–Crippen MR) is 76.0 cm³/mol. The van der Waals surface area contributed by atoms with Crippen molar-refractivity contribution in [2.24, 2.45) is 11.7 Å². The Balaban J connectivity index is 3.05. The van der Waals surface area contributed by atoms with Crippen LogP contribution in [0.3, 0.4) is 0 Å². The molecule has 1 aromatic rings. The fourth-order valence-electron chi connectivity index (χ4n) is 1.72. The Hall–Kier alpha value is -1.48. The molecule has 0 bridgehead atoms. The van der Waals surface area contributed by atoms with Gasteiger partial charge in [-0.3, -0.25) is 0 Å².